The second-order valence-electron chi connectivity index (χ2n) is 6.24. The lowest BCUT2D eigenvalue weighted by Crippen LogP contribution is -2.35. The van der Waals surface area contributed by atoms with Crippen molar-refractivity contribution in [1.82, 2.24) is 14.5 Å². The number of para-hydroxylation sites is 1. The molecule has 0 aliphatic heterocycles. The third-order valence-electron chi connectivity index (χ3n) is 4.44. The summed E-state index contributed by atoms with van der Waals surface area (Å²) >= 11 is 0. The van der Waals surface area contributed by atoms with Gasteiger partial charge in [-0.25, -0.2) is 4.98 Å². The molecule has 1 heterocycles. The third kappa shape index (κ3) is 3.45. The van der Waals surface area contributed by atoms with Crippen molar-refractivity contribution in [2.75, 3.05) is 7.05 Å². The van der Waals surface area contributed by atoms with Crippen molar-refractivity contribution in [2.24, 2.45) is 0 Å². The molecule has 1 aromatic heterocycles. The number of rotatable bonds is 4. The molecule has 0 aliphatic carbocycles. The van der Waals surface area contributed by atoms with E-state index in [1.807, 2.05) is 37.3 Å². The van der Waals surface area contributed by atoms with E-state index in [1.54, 1.807) is 37.1 Å². The van der Waals surface area contributed by atoms with Crippen molar-refractivity contribution in [3.63, 3.8) is 0 Å². The number of amides is 1. The lowest BCUT2D eigenvalue weighted by molar-refractivity contribution is -0.131. The monoisotopic (exact) mass is 335 g/mol. The quantitative estimate of drug-likeness (QED) is 0.736. The van der Waals surface area contributed by atoms with Crippen molar-refractivity contribution in [1.29, 1.82) is 0 Å². The maximum absolute atomic E-state index is 12.7. The van der Waals surface area contributed by atoms with Crippen molar-refractivity contribution < 1.29 is 4.79 Å². The molecule has 0 atom stereocenters. The number of aromatic nitrogens is 2. The molecule has 0 unspecified atom stereocenters. The minimum Gasteiger partial charge on any atom is -0.340 e. The number of hydrogen-bond donors (Lipinski definition) is 0. The first-order chi connectivity index (χ1) is 12.0. The van der Waals surface area contributed by atoms with Crippen LogP contribution in [0, 0.1) is 13.8 Å². The summed E-state index contributed by atoms with van der Waals surface area (Å²) in [6, 6.07) is 15.2. The molecule has 2 aromatic carbocycles. The molecule has 0 spiro atoms. The van der Waals surface area contributed by atoms with Crippen LogP contribution in [0.1, 0.15) is 17.0 Å². The predicted molar refractivity (Wildman–Crippen MR) is 98.4 cm³/mol. The fourth-order valence-corrected chi connectivity index (χ4v) is 2.85. The Hall–Kier alpha value is -2.95. The van der Waals surface area contributed by atoms with E-state index in [0.29, 0.717) is 23.3 Å². The Morgan fingerprint density at radius 3 is 2.52 bits per heavy atom. The van der Waals surface area contributed by atoms with Gasteiger partial charge in [-0.1, -0.05) is 36.4 Å². The van der Waals surface area contributed by atoms with Crippen LogP contribution in [-0.4, -0.2) is 27.4 Å². The van der Waals surface area contributed by atoms with Gasteiger partial charge in [-0.2, -0.15) is 0 Å². The maximum Gasteiger partial charge on any atom is 0.261 e. The first-order valence-corrected chi connectivity index (χ1v) is 8.22. The summed E-state index contributed by atoms with van der Waals surface area (Å²) in [7, 11) is 1.75. The summed E-state index contributed by atoms with van der Waals surface area (Å²) in [6.45, 7) is 4.28. The molecule has 0 bridgehead atoms. The average Bonchev–Trinajstić information content (AvgIpc) is 2.60. The van der Waals surface area contributed by atoms with E-state index >= 15 is 0 Å². The summed E-state index contributed by atoms with van der Waals surface area (Å²) < 4.78 is 1.44. The van der Waals surface area contributed by atoms with Gasteiger partial charge >= 0.3 is 0 Å². The molecule has 0 N–H and O–H groups in total. The van der Waals surface area contributed by atoms with E-state index in [4.69, 9.17) is 0 Å². The lowest BCUT2D eigenvalue weighted by atomic mass is 10.1. The fraction of sp³-hybridized carbons (Fsp3) is 0.250. The number of nitrogens with zero attached hydrogens (tertiary/aromatic N) is 3. The highest BCUT2D eigenvalue weighted by molar-refractivity contribution is 5.79. The van der Waals surface area contributed by atoms with Crippen LogP contribution in [0.3, 0.4) is 0 Å². The van der Waals surface area contributed by atoms with Gasteiger partial charge in [-0.3, -0.25) is 14.2 Å². The van der Waals surface area contributed by atoms with Crippen LogP contribution in [0.15, 0.2) is 53.3 Å². The molecule has 25 heavy (non-hydrogen) atoms. The molecule has 5 heteroatoms. The molecule has 5 nitrogen and oxygen atoms in total. The normalized spacial score (nSPS) is 10.8. The zero-order chi connectivity index (χ0) is 18.0. The first kappa shape index (κ1) is 16.9. The zero-order valence-electron chi connectivity index (χ0n) is 14.7. The Bertz CT molecular complexity index is 992. The standard InChI is InChI=1S/C20H21N3O2/c1-14-8-4-5-9-16(14)12-22(3)19(24)13-23-15(2)21-18-11-7-6-10-17(18)20(23)25/h4-11H,12-13H2,1-3H3. The van der Waals surface area contributed by atoms with E-state index in [0.717, 1.165) is 11.1 Å². The second-order valence-corrected chi connectivity index (χ2v) is 6.24. The number of benzene rings is 2. The Balaban J connectivity index is 1.84. The molecule has 1 amide bonds. The molecule has 0 radical (unpaired) electrons. The van der Waals surface area contributed by atoms with Crippen molar-refractivity contribution >= 4 is 16.8 Å². The van der Waals surface area contributed by atoms with Crippen LogP contribution in [-0.2, 0) is 17.9 Å². The van der Waals surface area contributed by atoms with Crippen molar-refractivity contribution in [3.05, 3.63) is 75.8 Å². The Morgan fingerprint density at radius 1 is 1.08 bits per heavy atom. The van der Waals surface area contributed by atoms with Crippen LogP contribution < -0.4 is 5.56 Å². The van der Waals surface area contributed by atoms with Gasteiger partial charge in [0.15, 0.2) is 0 Å². The lowest BCUT2D eigenvalue weighted by Gasteiger charge is -2.20. The van der Waals surface area contributed by atoms with E-state index in [-0.39, 0.29) is 18.0 Å². The number of carbonyl (C=O) groups excluding carboxylic acids is 1. The van der Waals surface area contributed by atoms with E-state index in [2.05, 4.69) is 4.98 Å². The summed E-state index contributed by atoms with van der Waals surface area (Å²) in [4.78, 5) is 31.4. The smallest absolute Gasteiger partial charge is 0.261 e. The molecular weight excluding hydrogens is 314 g/mol. The Kier molecular flexibility index (Phi) is 4.65. The van der Waals surface area contributed by atoms with E-state index in [9.17, 15) is 9.59 Å². The molecule has 0 fully saturated rings. The highest BCUT2D eigenvalue weighted by atomic mass is 16.2. The highest BCUT2D eigenvalue weighted by Crippen LogP contribution is 2.11. The molecule has 3 aromatic rings. The fourth-order valence-electron chi connectivity index (χ4n) is 2.85. The topological polar surface area (TPSA) is 55.2 Å². The highest BCUT2D eigenvalue weighted by Gasteiger charge is 2.15. The molecule has 3 rings (SSSR count). The molecule has 0 aliphatic rings. The van der Waals surface area contributed by atoms with Gasteiger partial charge in [0.05, 0.1) is 10.9 Å². The van der Waals surface area contributed by atoms with Crippen molar-refractivity contribution in [3.8, 4) is 0 Å². The minimum atomic E-state index is -0.180. The van der Waals surface area contributed by atoms with Gasteiger partial charge < -0.3 is 4.90 Å². The number of aryl methyl sites for hydroxylation is 2. The van der Waals surface area contributed by atoms with E-state index in [1.165, 1.54) is 4.57 Å². The Labute approximate surface area is 146 Å². The van der Waals surface area contributed by atoms with Gasteiger partial charge in [0.1, 0.15) is 12.4 Å². The summed E-state index contributed by atoms with van der Waals surface area (Å²) in [5, 5.41) is 0.530. The second kappa shape index (κ2) is 6.89. The van der Waals surface area contributed by atoms with Crippen LogP contribution in [0.4, 0.5) is 0 Å². The zero-order valence-corrected chi connectivity index (χ0v) is 14.7. The number of likely N-dealkylation sites (N-methyl/N-ethyl adjacent to an activating group) is 1. The molecule has 0 saturated carbocycles. The molecule has 0 saturated heterocycles. The number of hydrogen-bond acceptors (Lipinski definition) is 3. The summed E-state index contributed by atoms with van der Waals surface area (Å²) in [6.07, 6.45) is 0. The maximum atomic E-state index is 12.7. The Morgan fingerprint density at radius 2 is 1.76 bits per heavy atom. The summed E-state index contributed by atoms with van der Waals surface area (Å²) in [5.41, 5.74) is 2.71. The summed E-state index contributed by atoms with van der Waals surface area (Å²) in [5.74, 6) is 0.423. The van der Waals surface area contributed by atoms with E-state index < -0.39 is 0 Å². The average molecular weight is 335 g/mol. The number of fused-ring (bicyclic) bond motifs is 1. The van der Waals surface area contributed by atoms with Gasteiger partial charge in [0.2, 0.25) is 5.91 Å². The first-order valence-electron chi connectivity index (χ1n) is 8.22. The minimum absolute atomic E-state index is 0.00905. The number of carbonyl (C=O) groups is 1. The molecular formula is C20H21N3O2. The van der Waals surface area contributed by atoms with Gasteiger partial charge in [-0.15, -0.1) is 0 Å². The van der Waals surface area contributed by atoms with Crippen LogP contribution in [0.25, 0.3) is 10.9 Å². The van der Waals surface area contributed by atoms with Crippen LogP contribution >= 0.6 is 0 Å². The van der Waals surface area contributed by atoms with Crippen LogP contribution in [0.2, 0.25) is 0 Å². The van der Waals surface area contributed by atoms with Gasteiger partial charge in [-0.05, 0) is 37.1 Å². The largest absolute Gasteiger partial charge is 0.340 e. The van der Waals surface area contributed by atoms with Gasteiger partial charge in [0.25, 0.3) is 5.56 Å². The van der Waals surface area contributed by atoms with Crippen molar-refractivity contribution in [2.45, 2.75) is 26.9 Å². The molecule has 128 valence electrons. The SMILES string of the molecule is Cc1ccccc1CN(C)C(=O)Cn1c(C)nc2ccccc2c1=O. The van der Waals surface area contributed by atoms with Crippen LogP contribution in [0.5, 0.6) is 0 Å². The van der Waals surface area contributed by atoms with Gasteiger partial charge in [0, 0.05) is 13.6 Å². The third-order valence-corrected chi connectivity index (χ3v) is 4.44. The predicted octanol–water partition coefficient (Wildman–Crippen LogP) is 2.67.